The van der Waals surface area contributed by atoms with Gasteiger partial charge in [0, 0.05) is 17.1 Å². The first-order valence-electron chi connectivity index (χ1n) is 10.8. The second-order valence-corrected chi connectivity index (χ2v) is 9.19. The number of hydrogen-bond donors (Lipinski definition) is 1. The zero-order valence-electron chi connectivity index (χ0n) is 17.9. The third kappa shape index (κ3) is 6.18. The molecule has 160 valence electrons. The largest absolute Gasteiger partial charge is 0.352 e. The van der Waals surface area contributed by atoms with Gasteiger partial charge in [-0.25, -0.2) is 0 Å². The summed E-state index contributed by atoms with van der Waals surface area (Å²) in [5.74, 6) is -0.0874. The number of nitrogens with one attached hydrogen (secondary N) is 1. The van der Waals surface area contributed by atoms with E-state index in [1.165, 1.54) is 6.42 Å². The topological polar surface area (TPSA) is 49.4 Å². The van der Waals surface area contributed by atoms with E-state index >= 15 is 0 Å². The number of hydrogen-bond acceptors (Lipinski definition) is 2. The van der Waals surface area contributed by atoms with Crippen LogP contribution in [0.15, 0.2) is 53.0 Å². The highest BCUT2D eigenvalue weighted by Gasteiger charge is 2.28. The van der Waals surface area contributed by atoms with Crippen LogP contribution in [0, 0.1) is 6.92 Å². The van der Waals surface area contributed by atoms with Crippen LogP contribution in [0.4, 0.5) is 0 Å². The van der Waals surface area contributed by atoms with Crippen molar-refractivity contribution in [3.63, 3.8) is 0 Å². The van der Waals surface area contributed by atoms with Crippen LogP contribution in [0.1, 0.15) is 55.7 Å². The molecule has 0 spiro atoms. The lowest BCUT2D eigenvalue weighted by molar-refractivity contribution is -0.140. The number of amides is 2. The van der Waals surface area contributed by atoms with Crippen molar-refractivity contribution in [2.24, 2.45) is 0 Å². The molecule has 2 aromatic rings. The predicted molar refractivity (Wildman–Crippen MR) is 124 cm³/mol. The highest BCUT2D eigenvalue weighted by Crippen LogP contribution is 2.19. The Bertz CT molecular complexity index is 860. The van der Waals surface area contributed by atoms with Crippen molar-refractivity contribution in [3.8, 4) is 0 Å². The van der Waals surface area contributed by atoms with E-state index in [1.807, 2.05) is 62.4 Å². The molecular formula is C25H31BrN2O2. The predicted octanol–water partition coefficient (Wildman–Crippen LogP) is 5.17. The van der Waals surface area contributed by atoms with Crippen LogP contribution in [0.25, 0.3) is 0 Å². The lowest BCUT2D eigenvalue weighted by Gasteiger charge is -2.31. The fourth-order valence-corrected chi connectivity index (χ4v) is 4.28. The van der Waals surface area contributed by atoms with Crippen LogP contribution in [0.3, 0.4) is 0 Å². The maximum atomic E-state index is 13.3. The van der Waals surface area contributed by atoms with Gasteiger partial charge in [0.25, 0.3) is 0 Å². The summed E-state index contributed by atoms with van der Waals surface area (Å²) < 4.78 is 0.993. The molecule has 1 aliphatic carbocycles. The summed E-state index contributed by atoms with van der Waals surface area (Å²) in [6.07, 6.45) is 5.92. The smallest absolute Gasteiger partial charge is 0.242 e. The van der Waals surface area contributed by atoms with E-state index in [2.05, 4.69) is 21.2 Å². The molecule has 0 aliphatic heterocycles. The van der Waals surface area contributed by atoms with Gasteiger partial charge in [0.2, 0.25) is 11.8 Å². The van der Waals surface area contributed by atoms with E-state index in [0.717, 1.165) is 46.8 Å². The Kier molecular flexibility index (Phi) is 8.08. The number of carbonyl (C=O) groups is 2. The Morgan fingerprint density at radius 2 is 1.73 bits per heavy atom. The zero-order valence-corrected chi connectivity index (χ0v) is 19.5. The second kappa shape index (κ2) is 10.8. The highest BCUT2D eigenvalue weighted by atomic mass is 79.9. The van der Waals surface area contributed by atoms with Crippen molar-refractivity contribution in [3.05, 3.63) is 69.7 Å². The molecule has 0 heterocycles. The summed E-state index contributed by atoms with van der Waals surface area (Å²) in [6, 6.07) is 15.5. The van der Waals surface area contributed by atoms with Crippen LogP contribution in [0.5, 0.6) is 0 Å². The SMILES string of the molecule is Cc1ccccc1CC(=O)N(Cc1ccc(Br)cc1)[C@H](C)C(=O)NC1CCCCC1. The van der Waals surface area contributed by atoms with Gasteiger partial charge in [0.1, 0.15) is 6.04 Å². The van der Waals surface area contributed by atoms with Crippen LogP contribution in [-0.4, -0.2) is 28.8 Å². The number of rotatable bonds is 7. The van der Waals surface area contributed by atoms with Gasteiger partial charge in [-0.1, -0.05) is 71.6 Å². The standard InChI is InChI=1S/C25H31BrN2O2/c1-18-8-6-7-9-21(18)16-24(29)28(17-20-12-14-22(26)15-13-20)19(2)25(30)27-23-10-4-3-5-11-23/h6-9,12-15,19,23H,3-5,10-11,16-17H2,1-2H3,(H,27,30)/t19-/m1/s1. The monoisotopic (exact) mass is 470 g/mol. The van der Waals surface area contributed by atoms with Gasteiger partial charge in [0.15, 0.2) is 0 Å². The molecule has 0 saturated heterocycles. The summed E-state index contributed by atoms with van der Waals surface area (Å²) in [6.45, 7) is 4.27. The number of nitrogens with zero attached hydrogens (tertiary/aromatic N) is 1. The summed E-state index contributed by atoms with van der Waals surface area (Å²) in [7, 11) is 0. The van der Waals surface area contributed by atoms with E-state index in [-0.39, 0.29) is 17.9 Å². The minimum atomic E-state index is -0.521. The van der Waals surface area contributed by atoms with Gasteiger partial charge < -0.3 is 10.2 Å². The lowest BCUT2D eigenvalue weighted by atomic mass is 9.95. The normalized spacial score (nSPS) is 15.4. The third-order valence-electron chi connectivity index (χ3n) is 5.99. The minimum absolute atomic E-state index is 0.0292. The van der Waals surface area contributed by atoms with E-state index in [0.29, 0.717) is 13.0 Å². The average molecular weight is 471 g/mol. The number of benzene rings is 2. The summed E-state index contributed by atoms with van der Waals surface area (Å²) in [4.78, 5) is 28.0. The Labute approximate surface area is 188 Å². The molecule has 0 radical (unpaired) electrons. The number of halogens is 1. The number of aryl methyl sites for hydroxylation is 1. The molecule has 0 aromatic heterocycles. The van der Waals surface area contributed by atoms with Gasteiger partial charge in [-0.15, -0.1) is 0 Å². The van der Waals surface area contributed by atoms with E-state index < -0.39 is 6.04 Å². The average Bonchev–Trinajstić information content (AvgIpc) is 2.75. The van der Waals surface area contributed by atoms with Gasteiger partial charge in [0.05, 0.1) is 6.42 Å². The fraction of sp³-hybridized carbons (Fsp3) is 0.440. The lowest BCUT2D eigenvalue weighted by Crippen LogP contribution is -2.50. The Hall–Kier alpha value is -2.14. The van der Waals surface area contributed by atoms with Crippen LogP contribution in [-0.2, 0) is 22.6 Å². The summed E-state index contributed by atoms with van der Waals surface area (Å²) in [5.41, 5.74) is 3.10. The molecule has 0 unspecified atom stereocenters. The minimum Gasteiger partial charge on any atom is -0.352 e. The van der Waals surface area contributed by atoms with E-state index in [4.69, 9.17) is 0 Å². The van der Waals surface area contributed by atoms with Crippen molar-refractivity contribution in [2.75, 3.05) is 0 Å². The third-order valence-corrected chi connectivity index (χ3v) is 6.52. The molecule has 2 aromatic carbocycles. The molecule has 1 aliphatic rings. The maximum Gasteiger partial charge on any atom is 0.242 e. The molecule has 1 N–H and O–H groups in total. The van der Waals surface area contributed by atoms with E-state index in [1.54, 1.807) is 4.90 Å². The van der Waals surface area contributed by atoms with Gasteiger partial charge in [-0.3, -0.25) is 9.59 Å². The van der Waals surface area contributed by atoms with Crippen LogP contribution >= 0.6 is 15.9 Å². The van der Waals surface area contributed by atoms with Gasteiger partial charge in [-0.05, 0) is 55.5 Å². The maximum absolute atomic E-state index is 13.3. The van der Waals surface area contributed by atoms with Crippen molar-refractivity contribution in [1.82, 2.24) is 10.2 Å². The Morgan fingerprint density at radius 1 is 1.07 bits per heavy atom. The van der Waals surface area contributed by atoms with Crippen LogP contribution in [0.2, 0.25) is 0 Å². The zero-order chi connectivity index (χ0) is 21.5. The molecule has 1 saturated carbocycles. The molecular weight excluding hydrogens is 440 g/mol. The molecule has 5 heteroatoms. The first kappa shape index (κ1) is 22.5. The van der Waals surface area contributed by atoms with Crippen LogP contribution < -0.4 is 5.32 Å². The highest BCUT2D eigenvalue weighted by molar-refractivity contribution is 9.10. The van der Waals surface area contributed by atoms with Gasteiger partial charge in [-0.2, -0.15) is 0 Å². The molecule has 3 rings (SSSR count). The Balaban J connectivity index is 1.76. The molecule has 0 bridgehead atoms. The molecule has 2 amide bonds. The quantitative estimate of drug-likeness (QED) is 0.606. The first-order valence-corrected chi connectivity index (χ1v) is 11.6. The summed E-state index contributed by atoms with van der Waals surface area (Å²) >= 11 is 3.46. The van der Waals surface area contributed by atoms with Gasteiger partial charge >= 0.3 is 0 Å². The van der Waals surface area contributed by atoms with E-state index in [9.17, 15) is 9.59 Å². The first-order chi connectivity index (χ1) is 14.4. The van der Waals surface area contributed by atoms with Crippen molar-refractivity contribution in [1.29, 1.82) is 0 Å². The van der Waals surface area contributed by atoms with Crippen molar-refractivity contribution < 1.29 is 9.59 Å². The molecule has 30 heavy (non-hydrogen) atoms. The molecule has 4 nitrogen and oxygen atoms in total. The van der Waals surface area contributed by atoms with Crippen molar-refractivity contribution >= 4 is 27.7 Å². The molecule has 1 fully saturated rings. The Morgan fingerprint density at radius 3 is 2.40 bits per heavy atom. The second-order valence-electron chi connectivity index (χ2n) is 8.27. The fourth-order valence-electron chi connectivity index (χ4n) is 4.01. The number of carbonyl (C=O) groups excluding carboxylic acids is 2. The van der Waals surface area contributed by atoms with Crippen molar-refractivity contribution in [2.45, 2.75) is 71.0 Å². The summed E-state index contributed by atoms with van der Waals surface area (Å²) in [5, 5.41) is 3.18. The molecule has 1 atom stereocenters.